The lowest BCUT2D eigenvalue weighted by Crippen LogP contribution is -2.42. The van der Waals surface area contributed by atoms with Gasteiger partial charge < -0.3 is 10.4 Å². The summed E-state index contributed by atoms with van der Waals surface area (Å²) < 4.78 is 0. The largest absolute Gasteiger partial charge is 0.395 e. The maximum atomic E-state index is 9.50. The smallest absolute Gasteiger partial charge is 0.0587 e. The van der Waals surface area contributed by atoms with Gasteiger partial charge >= 0.3 is 0 Å². The number of nitrogens with one attached hydrogen (secondary N) is 1. The lowest BCUT2D eigenvalue weighted by Gasteiger charge is -2.35. The highest BCUT2D eigenvalue weighted by Gasteiger charge is 2.29. The summed E-state index contributed by atoms with van der Waals surface area (Å²) in [5.74, 6) is 0.423. The summed E-state index contributed by atoms with van der Waals surface area (Å²) >= 11 is 0. The minimum Gasteiger partial charge on any atom is -0.395 e. The maximum absolute atomic E-state index is 9.50. The van der Waals surface area contributed by atoms with Gasteiger partial charge in [-0.25, -0.2) is 0 Å². The summed E-state index contributed by atoms with van der Waals surface area (Å²) in [6, 6.07) is 17.5. The van der Waals surface area contributed by atoms with E-state index in [0.29, 0.717) is 5.92 Å². The summed E-state index contributed by atoms with van der Waals surface area (Å²) in [7, 11) is 0. The molecule has 2 N–H and O–H groups in total. The zero-order valence-electron chi connectivity index (χ0n) is 12.0. The van der Waals surface area contributed by atoms with Gasteiger partial charge in [0.1, 0.15) is 0 Å². The van der Waals surface area contributed by atoms with Crippen LogP contribution in [0, 0.1) is 5.92 Å². The van der Waals surface area contributed by atoms with E-state index in [2.05, 4.69) is 61.6 Å². The third kappa shape index (κ3) is 2.26. The Hall–Kier alpha value is -1.64. The van der Waals surface area contributed by atoms with Gasteiger partial charge in [0.25, 0.3) is 0 Å². The van der Waals surface area contributed by atoms with Gasteiger partial charge in [0.05, 0.1) is 12.6 Å². The van der Waals surface area contributed by atoms with Crippen LogP contribution in [0.15, 0.2) is 48.5 Å². The molecule has 2 aromatic carbocycles. The van der Waals surface area contributed by atoms with Crippen molar-refractivity contribution in [2.24, 2.45) is 5.92 Å². The quantitative estimate of drug-likeness (QED) is 0.870. The number of hydrogen-bond acceptors (Lipinski definition) is 2. The molecule has 2 nitrogen and oxygen atoms in total. The van der Waals surface area contributed by atoms with E-state index >= 15 is 0 Å². The van der Waals surface area contributed by atoms with Gasteiger partial charge in [0.2, 0.25) is 0 Å². The number of benzene rings is 2. The topological polar surface area (TPSA) is 32.3 Å². The van der Waals surface area contributed by atoms with Crippen LogP contribution in [0.2, 0.25) is 0 Å². The predicted octanol–water partition coefficient (Wildman–Crippen LogP) is 3.36. The van der Waals surface area contributed by atoms with Crippen LogP contribution in [0.1, 0.15) is 31.0 Å². The normalized spacial score (nSPS) is 17.9. The molecule has 2 aliphatic carbocycles. The van der Waals surface area contributed by atoms with Crippen molar-refractivity contribution < 1.29 is 5.11 Å². The third-order valence-electron chi connectivity index (χ3n) is 4.19. The highest BCUT2D eigenvalue weighted by atomic mass is 16.3. The predicted molar refractivity (Wildman–Crippen MR) is 82.6 cm³/mol. The van der Waals surface area contributed by atoms with Gasteiger partial charge in [-0.1, -0.05) is 62.4 Å². The van der Waals surface area contributed by atoms with Gasteiger partial charge in [0, 0.05) is 6.04 Å². The molecule has 0 heterocycles. The van der Waals surface area contributed by atoms with E-state index in [0.717, 1.165) is 0 Å². The van der Waals surface area contributed by atoms with E-state index < -0.39 is 0 Å². The van der Waals surface area contributed by atoms with Crippen LogP contribution < -0.4 is 5.32 Å². The molecule has 2 unspecified atom stereocenters. The Balaban J connectivity index is 1.85. The average molecular weight is 267 g/mol. The lowest BCUT2D eigenvalue weighted by atomic mass is 9.80. The molecule has 0 radical (unpaired) electrons. The van der Waals surface area contributed by atoms with Gasteiger partial charge in [-0.05, 0) is 28.2 Å². The fourth-order valence-corrected chi connectivity index (χ4v) is 2.82. The molecule has 0 fully saturated rings. The molecule has 2 aliphatic rings. The first-order valence-electron chi connectivity index (χ1n) is 7.27. The Kier molecular flexibility index (Phi) is 3.60. The van der Waals surface area contributed by atoms with Crippen LogP contribution in [0.3, 0.4) is 0 Å². The van der Waals surface area contributed by atoms with Crippen molar-refractivity contribution in [1.82, 2.24) is 5.32 Å². The second-order valence-corrected chi connectivity index (χ2v) is 5.85. The molecule has 0 saturated carbocycles. The number of hydrogen-bond donors (Lipinski definition) is 2. The van der Waals surface area contributed by atoms with Gasteiger partial charge in [-0.15, -0.1) is 0 Å². The number of fused-ring (bicyclic) bond motifs is 2. The molecule has 0 saturated heterocycles. The van der Waals surface area contributed by atoms with Crippen LogP contribution in [-0.4, -0.2) is 17.8 Å². The highest BCUT2D eigenvalue weighted by molar-refractivity contribution is 5.72. The summed E-state index contributed by atoms with van der Waals surface area (Å²) in [6.45, 7) is 4.46. The third-order valence-corrected chi connectivity index (χ3v) is 4.19. The number of rotatable bonds is 5. The van der Waals surface area contributed by atoms with Gasteiger partial charge in [-0.3, -0.25) is 0 Å². The first-order chi connectivity index (χ1) is 9.70. The zero-order chi connectivity index (χ0) is 14.1. The van der Waals surface area contributed by atoms with Gasteiger partial charge in [-0.2, -0.15) is 0 Å². The molecule has 0 aliphatic heterocycles. The van der Waals surface area contributed by atoms with E-state index in [1.165, 1.54) is 22.3 Å². The summed E-state index contributed by atoms with van der Waals surface area (Å²) in [5, 5.41) is 13.1. The maximum Gasteiger partial charge on any atom is 0.0587 e. The Morgan fingerprint density at radius 2 is 1.85 bits per heavy atom. The van der Waals surface area contributed by atoms with Crippen molar-refractivity contribution in [3.8, 4) is 11.1 Å². The first kappa shape index (κ1) is 13.3. The molecule has 0 spiro atoms. The summed E-state index contributed by atoms with van der Waals surface area (Å²) in [5.41, 5.74) is 5.20. The zero-order valence-corrected chi connectivity index (χ0v) is 12.0. The molecule has 2 atom stereocenters. The molecule has 20 heavy (non-hydrogen) atoms. The molecule has 0 aromatic heterocycles. The van der Waals surface area contributed by atoms with E-state index in [1.54, 1.807) is 0 Å². The van der Waals surface area contributed by atoms with E-state index in [1.807, 2.05) is 6.07 Å². The second kappa shape index (κ2) is 5.39. The molecule has 0 amide bonds. The van der Waals surface area contributed by atoms with Gasteiger partial charge in [0.15, 0.2) is 0 Å². The van der Waals surface area contributed by atoms with Crippen molar-refractivity contribution in [2.45, 2.75) is 25.9 Å². The minimum atomic E-state index is 0.141. The molecular formula is C18H21NO. The Labute approximate surface area is 120 Å². The highest BCUT2D eigenvalue weighted by Crippen LogP contribution is 2.41. The summed E-state index contributed by atoms with van der Waals surface area (Å²) in [4.78, 5) is 0. The van der Waals surface area contributed by atoms with Crippen LogP contribution in [0.5, 0.6) is 0 Å². The molecule has 4 rings (SSSR count). The number of aliphatic hydroxyl groups excluding tert-OH is 1. The Bertz CT molecular complexity index is 588. The fraction of sp³-hybridized carbons (Fsp3) is 0.333. The molecule has 104 valence electrons. The molecular weight excluding hydrogens is 246 g/mol. The van der Waals surface area contributed by atoms with Crippen molar-refractivity contribution in [1.29, 1.82) is 0 Å². The standard InChI is InChI=1S/C18H21NO/c1-12(2)17(11-20)19-18-14-8-9-15(16(18)10-14)13-6-4-3-5-7-13/h3-10,12,17-20H,11H2,1-2H3. The monoisotopic (exact) mass is 267 g/mol. The Morgan fingerprint density at radius 1 is 1.10 bits per heavy atom. The van der Waals surface area contributed by atoms with E-state index in [9.17, 15) is 5.11 Å². The van der Waals surface area contributed by atoms with Crippen molar-refractivity contribution >= 4 is 0 Å². The van der Waals surface area contributed by atoms with E-state index in [-0.39, 0.29) is 18.7 Å². The van der Waals surface area contributed by atoms with Crippen LogP contribution in [-0.2, 0) is 0 Å². The molecule has 2 aromatic rings. The van der Waals surface area contributed by atoms with Crippen molar-refractivity contribution in [3.63, 3.8) is 0 Å². The minimum absolute atomic E-state index is 0.141. The Morgan fingerprint density at radius 3 is 2.45 bits per heavy atom. The number of aliphatic hydroxyl groups is 1. The summed E-state index contributed by atoms with van der Waals surface area (Å²) in [6.07, 6.45) is 0. The molecule has 2 bridgehead atoms. The fourth-order valence-electron chi connectivity index (χ4n) is 2.82. The lowest BCUT2D eigenvalue weighted by molar-refractivity contribution is 0.202. The van der Waals surface area contributed by atoms with Crippen LogP contribution >= 0.6 is 0 Å². The molecule has 2 heteroatoms. The second-order valence-electron chi connectivity index (χ2n) is 5.85. The van der Waals surface area contributed by atoms with Crippen LogP contribution in [0.4, 0.5) is 0 Å². The first-order valence-corrected chi connectivity index (χ1v) is 7.27. The van der Waals surface area contributed by atoms with Crippen LogP contribution in [0.25, 0.3) is 11.1 Å². The SMILES string of the molecule is CC(C)C(CO)NC1c2ccc(-c3ccccc3)c1c2. The van der Waals surface area contributed by atoms with E-state index in [4.69, 9.17) is 0 Å². The van der Waals surface area contributed by atoms with Crippen molar-refractivity contribution in [3.05, 3.63) is 59.7 Å². The average Bonchev–Trinajstić information content (AvgIpc) is 2.48. The van der Waals surface area contributed by atoms with Crippen molar-refractivity contribution in [2.75, 3.05) is 6.61 Å².